The maximum atomic E-state index is 12.0. The Balaban J connectivity index is 0.00000120. The predicted molar refractivity (Wildman–Crippen MR) is 72.6 cm³/mol. The van der Waals surface area contributed by atoms with Gasteiger partial charge >= 0.3 is 0 Å². The maximum Gasteiger partial charge on any atom is 0.265 e. The number of anilines is 1. The van der Waals surface area contributed by atoms with Gasteiger partial charge in [-0.15, -0.1) is 12.4 Å². The minimum atomic E-state index is 0. The first-order valence-electron chi connectivity index (χ1n) is 6.11. The quantitative estimate of drug-likeness (QED) is 0.841. The van der Waals surface area contributed by atoms with Crippen LogP contribution in [0.1, 0.15) is 12.8 Å². The highest BCUT2D eigenvalue weighted by atomic mass is 35.5. The van der Waals surface area contributed by atoms with Crippen molar-refractivity contribution in [2.24, 2.45) is 0 Å². The SMILES string of the molecule is Cl.O=C1COc2ccccc2N1C1CCNCC1. The van der Waals surface area contributed by atoms with E-state index in [4.69, 9.17) is 4.74 Å². The van der Waals surface area contributed by atoms with Gasteiger partial charge in [0.25, 0.3) is 5.91 Å². The van der Waals surface area contributed by atoms with E-state index in [1.165, 1.54) is 0 Å². The van der Waals surface area contributed by atoms with Crippen molar-refractivity contribution in [2.75, 3.05) is 24.6 Å². The Morgan fingerprint density at radius 1 is 1.22 bits per heavy atom. The number of carbonyl (C=O) groups is 1. The van der Waals surface area contributed by atoms with Crippen molar-refractivity contribution in [3.8, 4) is 5.75 Å². The average Bonchev–Trinajstić information content (AvgIpc) is 2.39. The van der Waals surface area contributed by atoms with Gasteiger partial charge in [-0.25, -0.2) is 0 Å². The zero-order chi connectivity index (χ0) is 11.7. The average molecular weight is 269 g/mol. The van der Waals surface area contributed by atoms with Crippen molar-refractivity contribution in [1.82, 2.24) is 5.32 Å². The molecular formula is C13H17ClN2O2. The molecule has 1 fully saturated rings. The van der Waals surface area contributed by atoms with Gasteiger partial charge in [0.05, 0.1) is 5.69 Å². The van der Waals surface area contributed by atoms with E-state index in [1.807, 2.05) is 29.2 Å². The molecule has 1 aromatic carbocycles. The highest BCUT2D eigenvalue weighted by Gasteiger charge is 2.31. The van der Waals surface area contributed by atoms with Crippen molar-refractivity contribution >= 4 is 24.0 Å². The summed E-state index contributed by atoms with van der Waals surface area (Å²) in [5, 5.41) is 3.32. The predicted octanol–water partition coefficient (Wildman–Crippen LogP) is 1.59. The van der Waals surface area contributed by atoms with Gasteiger partial charge in [0, 0.05) is 6.04 Å². The van der Waals surface area contributed by atoms with Crippen LogP contribution in [0.25, 0.3) is 0 Å². The van der Waals surface area contributed by atoms with Crippen molar-refractivity contribution in [2.45, 2.75) is 18.9 Å². The van der Waals surface area contributed by atoms with Crippen LogP contribution in [0.5, 0.6) is 5.75 Å². The van der Waals surface area contributed by atoms with E-state index in [9.17, 15) is 4.79 Å². The molecule has 18 heavy (non-hydrogen) atoms. The molecule has 0 spiro atoms. The third-order valence-electron chi connectivity index (χ3n) is 3.42. The van der Waals surface area contributed by atoms with E-state index in [0.29, 0.717) is 6.04 Å². The number of hydrogen-bond acceptors (Lipinski definition) is 3. The zero-order valence-corrected chi connectivity index (χ0v) is 10.9. The first-order chi connectivity index (χ1) is 8.36. The van der Waals surface area contributed by atoms with Crippen molar-refractivity contribution in [3.05, 3.63) is 24.3 Å². The number of nitrogens with zero attached hydrogens (tertiary/aromatic N) is 1. The van der Waals surface area contributed by atoms with E-state index >= 15 is 0 Å². The number of fused-ring (bicyclic) bond motifs is 1. The summed E-state index contributed by atoms with van der Waals surface area (Å²) in [6.07, 6.45) is 2.03. The van der Waals surface area contributed by atoms with Gasteiger partial charge in [-0.2, -0.15) is 0 Å². The molecule has 1 N–H and O–H groups in total. The van der Waals surface area contributed by atoms with E-state index in [-0.39, 0.29) is 24.9 Å². The van der Waals surface area contributed by atoms with E-state index < -0.39 is 0 Å². The van der Waals surface area contributed by atoms with Crippen LogP contribution in [0, 0.1) is 0 Å². The van der Waals surface area contributed by atoms with Crippen LogP contribution in [-0.4, -0.2) is 31.6 Å². The molecule has 0 saturated carbocycles. The summed E-state index contributed by atoms with van der Waals surface area (Å²) >= 11 is 0. The smallest absolute Gasteiger partial charge is 0.265 e. The van der Waals surface area contributed by atoms with Gasteiger partial charge in [-0.05, 0) is 38.1 Å². The molecule has 2 heterocycles. The first kappa shape index (κ1) is 13.2. The summed E-state index contributed by atoms with van der Waals surface area (Å²) in [7, 11) is 0. The lowest BCUT2D eigenvalue weighted by atomic mass is 10.0. The summed E-state index contributed by atoms with van der Waals surface area (Å²) < 4.78 is 5.45. The molecule has 0 radical (unpaired) electrons. The Labute approximate surface area is 113 Å². The molecule has 4 nitrogen and oxygen atoms in total. The van der Waals surface area contributed by atoms with Crippen LogP contribution in [-0.2, 0) is 4.79 Å². The van der Waals surface area contributed by atoms with E-state index in [1.54, 1.807) is 0 Å². The highest BCUT2D eigenvalue weighted by Crippen LogP contribution is 2.34. The Hall–Kier alpha value is -1.26. The van der Waals surface area contributed by atoms with Crippen molar-refractivity contribution in [3.63, 3.8) is 0 Å². The molecule has 1 saturated heterocycles. The lowest BCUT2D eigenvalue weighted by molar-refractivity contribution is -0.121. The van der Waals surface area contributed by atoms with Gasteiger partial charge in [-0.3, -0.25) is 4.79 Å². The fourth-order valence-electron chi connectivity index (χ4n) is 2.59. The van der Waals surface area contributed by atoms with Crippen LogP contribution in [0.3, 0.4) is 0 Å². The van der Waals surface area contributed by atoms with Crippen molar-refractivity contribution in [1.29, 1.82) is 0 Å². The fourth-order valence-corrected chi connectivity index (χ4v) is 2.59. The Kier molecular flexibility index (Phi) is 4.09. The largest absolute Gasteiger partial charge is 0.482 e. The van der Waals surface area contributed by atoms with Gasteiger partial charge < -0.3 is 15.0 Å². The number of halogens is 1. The minimum Gasteiger partial charge on any atom is -0.482 e. The number of benzene rings is 1. The molecule has 0 unspecified atom stereocenters. The molecule has 2 aliphatic rings. The number of rotatable bonds is 1. The molecule has 0 aromatic heterocycles. The molecule has 2 aliphatic heterocycles. The summed E-state index contributed by atoms with van der Waals surface area (Å²) in [6.45, 7) is 2.13. The van der Waals surface area contributed by atoms with Gasteiger partial charge in [0.2, 0.25) is 0 Å². The molecule has 0 aliphatic carbocycles. The van der Waals surface area contributed by atoms with Crippen molar-refractivity contribution < 1.29 is 9.53 Å². The Morgan fingerprint density at radius 3 is 2.72 bits per heavy atom. The second-order valence-corrected chi connectivity index (χ2v) is 4.50. The summed E-state index contributed by atoms with van der Waals surface area (Å²) in [5.74, 6) is 0.904. The topological polar surface area (TPSA) is 41.6 Å². The number of nitrogens with one attached hydrogen (secondary N) is 1. The molecule has 3 rings (SSSR count). The van der Waals surface area contributed by atoms with E-state index in [2.05, 4.69) is 5.32 Å². The minimum absolute atomic E-state index is 0. The second kappa shape index (κ2) is 5.59. The normalized spacial score (nSPS) is 19.8. The Bertz CT molecular complexity index is 433. The summed E-state index contributed by atoms with van der Waals surface area (Å²) in [6, 6.07) is 8.10. The monoisotopic (exact) mass is 268 g/mol. The van der Waals surface area contributed by atoms with E-state index in [0.717, 1.165) is 37.4 Å². The molecule has 98 valence electrons. The lowest BCUT2D eigenvalue weighted by Crippen LogP contribution is -2.49. The molecule has 1 aromatic rings. The highest BCUT2D eigenvalue weighted by molar-refractivity contribution is 5.98. The van der Waals surface area contributed by atoms with Crippen LogP contribution in [0.2, 0.25) is 0 Å². The molecule has 5 heteroatoms. The number of para-hydroxylation sites is 2. The van der Waals surface area contributed by atoms with Crippen LogP contribution < -0.4 is 15.0 Å². The third-order valence-corrected chi connectivity index (χ3v) is 3.42. The zero-order valence-electron chi connectivity index (χ0n) is 10.1. The number of ether oxygens (including phenoxy) is 1. The van der Waals surface area contributed by atoms with Crippen LogP contribution >= 0.6 is 12.4 Å². The van der Waals surface area contributed by atoms with Gasteiger partial charge in [-0.1, -0.05) is 12.1 Å². The maximum absolute atomic E-state index is 12.0. The van der Waals surface area contributed by atoms with Gasteiger partial charge in [0.15, 0.2) is 6.61 Å². The number of piperidine rings is 1. The molecule has 0 atom stereocenters. The Morgan fingerprint density at radius 2 is 1.94 bits per heavy atom. The van der Waals surface area contributed by atoms with Crippen LogP contribution in [0.15, 0.2) is 24.3 Å². The summed E-state index contributed by atoms with van der Waals surface area (Å²) in [4.78, 5) is 14.0. The lowest BCUT2D eigenvalue weighted by Gasteiger charge is -2.37. The number of carbonyl (C=O) groups excluding carboxylic acids is 1. The molecule has 1 amide bonds. The number of hydrogen-bond donors (Lipinski definition) is 1. The third kappa shape index (κ3) is 2.31. The van der Waals surface area contributed by atoms with Crippen LogP contribution in [0.4, 0.5) is 5.69 Å². The molecular weight excluding hydrogens is 252 g/mol. The second-order valence-electron chi connectivity index (χ2n) is 4.50. The fraction of sp³-hybridized carbons (Fsp3) is 0.462. The van der Waals surface area contributed by atoms with Gasteiger partial charge in [0.1, 0.15) is 5.75 Å². The number of amides is 1. The summed E-state index contributed by atoms with van der Waals surface area (Å²) in [5.41, 5.74) is 0.927. The first-order valence-corrected chi connectivity index (χ1v) is 6.11. The molecule has 0 bridgehead atoms. The standard InChI is InChI=1S/C13H16N2O2.ClH/c16-13-9-17-12-4-2-1-3-11(12)15(13)10-5-7-14-8-6-10;/h1-4,10,14H,5-9H2;1H.